The van der Waals surface area contributed by atoms with Crippen molar-refractivity contribution in [1.82, 2.24) is 4.31 Å². The average molecular weight is 325 g/mol. The Kier molecular flexibility index (Phi) is 3.96. The van der Waals surface area contributed by atoms with Crippen LogP contribution in [0.1, 0.15) is 40.7 Å². The van der Waals surface area contributed by atoms with Gasteiger partial charge in [-0.15, -0.1) is 0 Å². The molecule has 2 N–H and O–H groups in total. The third-order valence-electron chi connectivity index (χ3n) is 4.56. The van der Waals surface area contributed by atoms with Gasteiger partial charge in [0.15, 0.2) is 0 Å². The number of nitrogens with zero attached hydrogens (tertiary/aromatic N) is 1. The number of aromatic carboxylic acids is 1. The summed E-state index contributed by atoms with van der Waals surface area (Å²) in [5, 5.41) is 18.5. The summed E-state index contributed by atoms with van der Waals surface area (Å²) in [5.41, 5.74) is 1.59. The zero-order valence-corrected chi connectivity index (χ0v) is 13.0. The maximum absolute atomic E-state index is 12.9. The van der Waals surface area contributed by atoms with Crippen LogP contribution in [0.15, 0.2) is 17.0 Å². The van der Waals surface area contributed by atoms with Gasteiger partial charge in [0.2, 0.25) is 10.0 Å². The summed E-state index contributed by atoms with van der Waals surface area (Å²) < 4.78 is 27.0. The highest BCUT2D eigenvalue weighted by Crippen LogP contribution is 2.34. The SMILES string of the molecule is O=C(O)c1cc2c(c(S(=O)(=O)N3CCC3CO)c1)CCCC2. The Hall–Kier alpha value is -1.44. The van der Waals surface area contributed by atoms with Crippen LogP contribution in [0.5, 0.6) is 0 Å². The molecule has 0 saturated carbocycles. The van der Waals surface area contributed by atoms with Gasteiger partial charge in [0.1, 0.15) is 0 Å². The number of carboxylic acid groups (broad SMARTS) is 1. The Morgan fingerprint density at radius 3 is 2.59 bits per heavy atom. The zero-order chi connectivity index (χ0) is 15.9. The fourth-order valence-corrected chi connectivity index (χ4v) is 5.21. The van der Waals surface area contributed by atoms with E-state index >= 15 is 0 Å². The number of benzene rings is 1. The number of aliphatic hydroxyl groups excluding tert-OH is 1. The molecule has 1 aliphatic carbocycles. The standard InChI is InChI=1S/C15H19NO5S/c17-9-12-5-6-16(12)22(20,21)14-8-11(15(18)19)7-10-3-1-2-4-13(10)14/h7-8,12,17H,1-6,9H2,(H,18,19). The summed E-state index contributed by atoms with van der Waals surface area (Å²) in [6, 6.07) is 2.47. The monoisotopic (exact) mass is 325 g/mol. The lowest BCUT2D eigenvalue weighted by molar-refractivity contribution is 0.0696. The van der Waals surface area contributed by atoms with Crippen LogP contribution in [0.3, 0.4) is 0 Å². The molecule has 0 aromatic heterocycles. The molecule has 0 amide bonds. The highest BCUT2D eigenvalue weighted by atomic mass is 32.2. The molecule has 1 saturated heterocycles. The minimum absolute atomic E-state index is 0.0142. The first-order valence-electron chi connectivity index (χ1n) is 7.47. The third-order valence-corrected chi connectivity index (χ3v) is 6.58. The molecule has 1 unspecified atom stereocenters. The zero-order valence-electron chi connectivity index (χ0n) is 12.2. The maximum Gasteiger partial charge on any atom is 0.335 e. The van der Waals surface area contributed by atoms with Gasteiger partial charge in [-0.05, 0) is 55.4 Å². The predicted octanol–water partition coefficient (Wildman–Crippen LogP) is 1.02. The van der Waals surface area contributed by atoms with Crippen molar-refractivity contribution in [2.45, 2.75) is 43.0 Å². The molecule has 0 radical (unpaired) electrons. The number of aliphatic hydroxyl groups is 1. The average Bonchev–Trinajstić information content (AvgIpc) is 2.44. The summed E-state index contributed by atoms with van der Waals surface area (Å²) in [7, 11) is -3.75. The minimum Gasteiger partial charge on any atom is -0.478 e. The van der Waals surface area contributed by atoms with Gasteiger partial charge < -0.3 is 10.2 Å². The number of fused-ring (bicyclic) bond motifs is 1. The van der Waals surface area contributed by atoms with Crippen LogP contribution in [-0.4, -0.2) is 48.1 Å². The van der Waals surface area contributed by atoms with E-state index < -0.39 is 22.0 Å². The molecule has 1 aromatic carbocycles. The highest BCUT2D eigenvalue weighted by molar-refractivity contribution is 7.89. The molecule has 120 valence electrons. The molecular formula is C15H19NO5S. The molecule has 0 bridgehead atoms. The Morgan fingerprint density at radius 1 is 1.27 bits per heavy atom. The Balaban J connectivity index is 2.12. The van der Waals surface area contributed by atoms with E-state index in [2.05, 4.69) is 0 Å². The van der Waals surface area contributed by atoms with Crippen molar-refractivity contribution in [3.63, 3.8) is 0 Å². The van der Waals surface area contributed by atoms with E-state index in [1.807, 2.05) is 0 Å². The van der Waals surface area contributed by atoms with Crippen LogP contribution in [0, 0.1) is 0 Å². The predicted molar refractivity (Wildman–Crippen MR) is 79.4 cm³/mol. The molecule has 2 aliphatic rings. The molecule has 3 rings (SSSR count). The first-order valence-corrected chi connectivity index (χ1v) is 8.91. The molecular weight excluding hydrogens is 306 g/mol. The second-order valence-corrected chi connectivity index (χ2v) is 7.72. The van der Waals surface area contributed by atoms with E-state index in [0.717, 1.165) is 24.0 Å². The van der Waals surface area contributed by atoms with Crippen LogP contribution in [-0.2, 0) is 22.9 Å². The first kappa shape index (κ1) is 15.5. The minimum atomic E-state index is -3.75. The fourth-order valence-electron chi connectivity index (χ4n) is 3.22. The van der Waals surface area contributed by atoms with Crippen molar-refractivity contribution >= 4 is 16.0 Å². The van der Waals surface area contributed by atoms with Gasteiger partial charge in [-0.1, -0.05) is 0 Å². The number of carbonyl (C=O) groups is 1. The van der Waals surface area contributed by atoms with Crippen molar-refractivity contribution in [1.29, 1.82) is 0 Å². The third kappa shape index (κ3) is 2.43. The second kappa shape index (κ2) is 5.64. The number of carboxylic acids is 1. The largest absolute Gasteiger partial charge is 0.478 e. The molecule has 7 heteroatoms. The lowest BCUT2D eigenvalue weighted by atomic mass is 9.90. The number of hydrogen-bond donors (Lipinski definition) is 2. The van der Waals surface area contributed by atoms with Gasteiger partial charge in [-0.2, -0.15) is 4.31 Å². The van der Waals surface area contributed by atoms with Crippen molar-refractivity contribution in [3.05, 3.63) is 28.8 Å². The van der Waals surface area contributed by atoms with Crippen molar-refractivity contribution in [3.8, 4) is 0 Å². The summed E-state index contributed by atoms with van der Waals surface area (Å²) in [6.45, 7) is 0.166. The van der Waals surface area contributed by atoms with Crippen LogP contribution < -0.4 is 0 Å². The van der Waals surface area contributed by atoms with Gasteiger partial charge in [0.05, 0.1) is 17.1 Å². The molecule has 1 fully saturated rings. The van der Waals surface area contributed by atoms with Crippen molar-refractivity contribution in [2.75, 3.05) is 13.2 Å². The number of sulfonamides is 1. The fraction of sp³-hybridized carbons (Fsp3) is 0.533. The molecule has 1 heterocycles. The molecule has 1 aromatic rings. The van der Waals surface area contributed by atoms with Gasteiger partial charge in [0, 0.05) is 12.6 Å². The maximum atomic E-state index is 12.9. The Morgan fingerprint density at radius 2 is 2.00 bits per heavy atom. The summed E-state index contributed by atoms with van der Waals surface area (Å²) in [5.74, 6) is -1.12. The van der Waals surface area contributed by atoms with E-state index in [-0.39, 0.29) is 17.1 Å². The quantitative estimate of drug-likeness (QED) is 0.862. The molecule has 1 aliphatic heterocycles. The van der Waals surface area contributed by atoms with Gasteiger partial charge in [-0.25, -0.2) is 13.2 Å². The van der Waals surface area contributed by atoms with Gasteiger partial charge in [0.25, 0.3) is 0 Å². The van der Waals surface area contributed by atoms with E-state index in [4.69, 9.17) is 0 Å². The molecule has 1 atom stereocenters. The Bertz CT molecular complexity index is 711. The second-order valence-electron chi connectivity index (χ2n) is 5.87. The first-order chi connectivity index (χ1) is 10.4. The van der Waals surface area contributed by atoms with Gasteiger partial charge >= 0.3 is 5.97 Å². The van der Waals surface area contributed by atoms with E-state index in [1.54, 1.807) is 6.07 Å². The lowest BCUT2D eigenvalue weighted by Gasteiger charge is -2.39. The summed E-state index contributed by atoms with van der Waals surface area (Å²) >= 11 is 0. The number of aryl methyl sites for hydroxylation is 1. The smallest absolute Gasteiger partial charge is 0.335 e. The Labute approximate surface area is 129 Å². The normalized spacial score (nSPS) is 22.0. The topological polar surface area (TPSA) is 94.9 Å². The van der Waals surface area contributed by atoms with Crippen molar-refractivity contribution in [2.24, 2.45) is 0 Å². The van der Waals surface area contributed by atoms with Crippen LogP contribution >= 0.6 is 0 Å². The van der Waals surface area contributed by atoms with Gasteiger partial charge in [-0.3, -0.25) is 0 Å². The molecule has 0 spiro atoms. The molecule has 6 nitrogen and oxygen atoms in total. The summed E-state index contributed by atoms with van der Waals surface area (Å²) in [4.78, 5) is 11.4. The summed E-state index contributed by atoms with van der Waals surface area (Å²) in [6.07, 6.45) is 3.85. The highest BCUT2D eigenvalue weighted by Gasteiger charge is 2.39. The van der Waals surface area contributed by atoms with Crippen LogP contribution in [0.25, 0.3) is 0 Å². The van der Waals surface area contributed by atoms with E-state index in [1.165, 1.54) is 10.4 Å². The number of rotatable bonds is 4. The van der Waals surface area contributed by atoms with Crippen LogP contribution in [0.2, 0.25) is 0 Å². The van der Waals surface area contributed by atoms with E-state index in [0.29, 0.717) is 25.8 Å². The lowest BCUT2D eigenvalue weighted by Crippen LogP contribution is -2.52. The number of hydrogen-bond acceptors (Lipinski definition) is 4. The van der Waals surface area contributed by atoms with Crippen LogP contribution in [0.4, 0.5) is 0 Å². The molecule has 22 heavy (non-hydrogen) atoms. The van der Waals surface area contributed by atoms with E-state index in [9.17, 15) is 23.4 Å². The van der Waals surface area contributed by atoms with Crippen molar-refractivity contribution < 1.29 is 23.4 Å².